The second-order valence-corrected chi connectivity index (χ2v) is 2.63. The van der Waals surface area contributed by atoms with Gasteiger partial charge in [-0.05, 0) is 19.8 Å². The highest BCUT2D eigenvalue weighted by Gasteiger charge is 2.08. The monoisotopic (exact) mass is 174 g/mol. The Morgan fingerprint density at radius 2 is 2.08 bits per heavy atom. The van der Waals surface area contributed by atoms with Crippen LogP contribution in [0.1, 0.15) is 19.8 Å². The molecule has 0 radical (unpaired) electrons. The van der Waals surface area contributed by atoms with Gasteiger partial charge < -0.3 is 15.3 Å². The summed E-state index contributed by atoms with van der Waals surface area (Å²) in [6, 6.07) is 0. The van der Waals surface area contributed by atoms with Crippen molar-refractivity contribution in [2.75, 3.05) is 0 Å². The van der Waals surface area contributed by atoms with E-state index < -0.39 is 18.2 Å². The molecule has 0 amide bonds. The molecule has 2 atom stereocenters. The molecule has 0 heterocycles. The van der Waals surface area contributed by atoms with E-state index in [1.165, 1.54) is 13.0 Å². The zero-order chi connectivity index (χ0) is 9.56. The molecule has 3 N–H and O–H groups in total. The molecule has 0 fully saturated rings. The second-order valence-electron chi connectivity index (χ2n) is 2.63. The lowest BCUT2D eigenvalue weighted by molar-refractivity contribution is -0.131. The predicted molar refractivity (Wildman–Crippen MR) is 43.7 cm³/mol. The van der Waals surface area contributed by atoms with Crippen molar-refractivity contribution in [3.63, 3.8) is 0 Å². The van der Waals surface area contributed by atoms with Gasteiger partial charge in [0.25, 0.3) is 0 Å². The van der Waals surface area contributed by atoms with E-state index in [-0.39, 0.29) is 0 Å². The third kappa shape index (κ3) is 5.88. The molecule has 2 unspecified atom stereocenters. The number of carbonyl (C=O) groups is 1. The predicted octanol–water partition coefficient (Wildman–Crippen LogP) is 0.149. The number of allylic oxidation sites excluding steroid dienone is 1. The summed E-state index contributed by atoms with van der Waals surface area (Å²) in [5.41, 5.74) is 0. The van der Waals surface area contributed by atoms with E-state index in [2.05, 4.69) is 0 Å². The summed E-state index contributed by atoms with van der Waals surface area (Å²) in [6.45, 7) is 1.49. The summed E-state index contributed by atoms with van der Waals surface area (Å²) in [6.07, 6.45) is 1.77. The number of carboxylic acid groups (broad SMARTS) is 1. The van der Waals surface area contributed by atoms with Crippen molar-refractivity contribution in [2.45, 2.75) is 32.0 Å². The number of aliphatic hydroxyl groups excluding tert-OH is 2. The van der Waals surface area contributed by atoms with Crippen molar-refractivity contribution < 1.29 is 20.1 Å². The minimum absolute atomic E-state index is 0.376. The Kier molecular flexibility index (Phi) is 5.32. The third-order valence-corrected chi connectivity index (χ3v) is 1.45. The van der Waals surface area contributed by atoms with Crippen molar-refractivity contribution in [3.8, 4) is 0 Å². The molecule has 70 valence electrons. The fourth-order valence-electron chi connectivity index (χ4n) is 0.692. The van der Waals surface area contributed by atoms with E-state index in [0.29, 0.717) is 12.8 Å². The Morgan fingerprint density at radius 1 is 1.50 bits per heavy atom. The lowest BCUT2D eigenvalue weighted by Crippen LogP contribution is -2.21. The molecular formula is C8H14O4. The number of hydrogen-bond acceptors (Lipinski definition) is 3. The Hall–Kier alpha value is -0.870. The standard InChI is InChI=1S/C8H14O4/c1-6(9)7(10)4-2-3-5-8(11)12/h3,5-7,9-10H,2,4H2,1H3,(H,11,12). The zero-order valence-electron chi connectivity index (χ0n) is 6.97. The average molecular weight is 174 g/mol. The van der Waals surface area contributed by atoms with Crippen LogP contribution >= 0.6 is 0 Å². The van der Waals surface area contributed by atoms with Gasteiger partial charge in [0, 0.05) is 6.08 Å². The second kappa shape index (κ2) is 5.74. The Morgan fingerprint density at radius 3 is 2.50 bits per heavy atom. The molecule has 0 rings (SSSR count). The van der Waals surface area contributed by atoms with Crippen molar-refractivity contribution >= 4 is 5.97 Å². The first-order valence-corrected chi connectivity index (χ1v) is 3.79. The fourth-order valence-corrected chi connectivity index (χ4v) is 0.692. The molecular weight excluding hydrogens is 160 g/mol. The van der Waals surface area contributed by atoms with E-state index in [0.717, 1.165) is 6.08 Å². The maximum atomic E-state index is 9.98. The average Bonchev–Trinajstić information content (AvgIpc) is 1.97. The van der Waals surface area contributed by atoms with Crippen LogP contribution in [0.25, 0.3) is 0 Å². The van der Waals surface area contributed by atoms with E-state index in [9.17, 15) is 4.79 Å². The smallest absolute Gasteiger partial charge is 0.327 e. The van der Waals surface area contributed by atoms with Gasteiger partial charge >= 0.3 is 5.97 Å². The first kappa shape index (κ1) is 11.1. The third-order valence-electron chi connectivity index (χ3n) is 1.45. The maximum Gasteiger partial charge on any atom is 0.327 e. The lowest BCUT2D eigenvalue weighted by atomic mass is 10.1. The van der Waals surface area contributed by atoms with Gasteiger partial charge in [-0.25, -0.2) is 4.79 Å². The van der Waals surface area contributed by atoms with Crippen LogP contribution in [0.4, 0.5) is 0 Å². The van der Waals surface area contributed by atoms with Crippen LogP contribution in [-0.4, -0.2) is 33.5 Å². The lowest BCUT2D eigenvalue weighted by Gasteiger charge is -2.11. The summed E-state index contributed by atoms with van der Waals surface area (Å²) in [5, 5.41) is 26.1. The Bertz CT molecular complexity index is 162. The van der Waals surface area contributed by atoms with Crippen LogP contribution in [0.15, 0.2) is 12.2 Å². The van der Waals surface area contributed by atoms with Crippen molar-refractivity contribution in [1.82, 2.24) is 0 Å². The van der Waals surface area contributed by atoms with Crippen LogP contribution in [0.3, 0.4) is 0 Å². The minimum atomic E-state index is -0.999. The molecule has 0 saturated heterocycles. The molecule has 0 aromatic heterocycles. The van der Waals surface area contributed by atoms with Crippen LogP contribution < -0.4 is 0 Å². The zero-order valence-corrected chi connectivity index (χ0v) is 6.97. The molecule has 0 bridgehead atoms. The number of aliphatic carboxylic acids is 1. The van der Waals surface area contributed by atoms with Gasteiger partial charge in [0.2, 0.25) is 0 Å². The van der Waals surface area contributed by atoms with E-state index in [1.54, 1.807) is 0 Å². The highest BCUT2D eigenvalue weighted by Crippen LogP contribution is 2.02. The molecule has 0 spiro atoms. The van der Waals surface area contributed by atoms with Gasteiger partial charge in [-0.3, -0.25) is 0 Å². The van der Waals surface area contributed by atoms with Gasteiger partial charge in [0.05, 0.1) is 12.2 Å². The molecule has 12 heavy (non-hydrogen) atoms. The summed E-state index contributed by atoms with van der Waals surface area (Å²) in [4.78, 5) is 9.98. The highest BCUT2D eigenvalue weighted by molar-refractivity contribution is 5.79. The van der Waals surface area contributed by atoms with Gasteiger partial charge in [0.1, 0.15) is 0 Å². The van der Waals surface area contributed by atoms with Gasteiger partial charge in [-0.15, -0.1) is 0 Å². The van der Waals surface area contributed by atoms with Crippen molar-refractivity contribution in [3.05, 3.63) is 12.2 Å². The fraction of sp³-hybridized carbons (Fsp3) is 0.625. The molecule has 4 heteroatoms. The molecule has 0 aliphatic rings. The molecule has 0 aromatic rings. The van der Waals surface area contributed by atoms with Crippen molar-refractivity contribution in [1.29, 1.82) is 0 Å². The largest absolute Gasteiger partial charge is 0.478 e. The Balaban J connectivity index is 3.49. The molecule has 4 nitrogen and oxygen atoms in total. The van der Waals surface area contributed by atoms with Gasteiger partial charge in [-0.1, -0.05) is 6.08 Å². The minimum Gasteiger partial charge on any atom is -0.478 e. The van der Waals surface area contributed by atoms with Gasteiger partial charge in [-0.2, -0.15) is 0 Å². The first-order valence-electron chi connectivity index (χ1n) is 3.79. The summed E-state index contributed by atoms with van der Waals surface area (Å²) in [5.74, 6) is -0.999. The number of carboxylic acids is 1. The molecule has 0 aliphatic heterocycles. The SMILES string of the molecule is CC(O)C(O)CCC=CC(=O)O. The normalized spacial score (nSPS) is 16.2. The van der Waals surface area contributed by atoms with Crippen LogP contribution in [-0.2, 0) is 4.79 Å². The number of rotatable bonds is 5. The summed E-state index contributed by atoms with van der Waals surface area (Å²) >= 11 is 0. The number of aliphatic hydroxyl groups is 2. The van der Waals surface area contributed by atoms with Crippen LogP contribution in [0, 0.1) is 0 Å². The van der Waals surface area contributed by atoms with Gasteiger partial charge in [0.15, 0.2) is 0 Å². The molecule has 0 saturated carbocycles. The number of hydrogen-bond donors (Lipinski definition) is 3. The summed E-state index contributed by atoms with van der Waals surface area (Å²) < 4.78 is 0. The van der Waals surface area contributed by atoms with Crippen LogP contribution in [0.2, 0.25) is 0 Å². The highest BCUT2D eigenvalue weighted by atomic mass is 16.4. The van der Waals surface area contributed by atoms with Crippen molar-refractivity contribution in [2.24, 2.45) is 0 Å². The molecule has 0 aliphatic carbocycles. The topological polar surface area (TPSA) is 77.8 Å². The van der Waals surface area contributed by atoms with E-state index >= 15 is 0 Å². The first-order chi connectivity index (χ1) is 5.54. The maximum absolute atomic E-state index is 9.98. The van der Waals surface area contributed by atoms with Crippen LogP contribution in [0.5, 0.6) is 0 Å². The van der Waals surface area contributed by atoms with E-state index in [1.807, 2.05) is 0 Å². The quantitative estimate of drug-likeness (QED) is 0.518. The van der Waals surface area contributed by atoms with E-state index in [4.69, 9.17) is 15.3 Å². The Labute approximate surface area is 71.1 Å². The molecule has 0 aromatic carbocycles. The summed E-state index contributed by atoms with van der Waals surface area (Å²) in [7, 11) is 0.